The van der Waals surface area contributed by atoms with Crippen molar-refractivity contribution in [3.8, 4) is 0 Å². The van der Waals surface area contributed by atoms with Gasteiger partial charge in [-0.25, -0.2) is 0 Å². The van der Waals surface area contributed by atoms with E-state index in [0.717, 1.165) is 111 Å². The summed E-state index contributed by atoms with van der Waals surface area (Å²) in [5, 5.41) is 0. The van der Waals surface area contributed by atoms with Crippen LogP contribution < -0.4 is 0 Å². The van der Waals surface area contributed by atoms with Gasteiger partial charge < -0.3 is 0 Å². The highest BCUT2D eigenvalue weighted by atomic mass is 14.5. The van der Waals surface area contributed by atoms with Crippen molar-refractivity contribution in [2.24, 2.45) is 138 Å². The lowest BCUT2D eigenvalue weighted by molar-refractivity contribution is 0.0135. The summed E-state index contributed by atoms with van der Waals surface area (Å²) in [5.41, 5.74) is 5.67. The van der Waals surface area contributed by atoms with E-state index in [1.165, 1.54) is 180 Å². The zero-order chi connectivity index (χ0) is 65.0. The zero-order valence-corrected chi connectivity index (χ0v) is 65.0. The van der Waals surface area contributed by atoms with Gasteiger partial charge in [0.25, 0.3) is 0 Å². The van der Waals surface area contributed by atoms with E-state index in [-0.39, 0.29) is 0 Å². The summed E-state index contributed by atoms with van der Waals surface area (Å²) >= 11 is 0. The second kappa shape index (κ2) is 36.3. The van der Waals surface area contributed by atoms with E-state index >= 15 is 0 Å². The summed E-state index contributed by atoms with van der Waals surface area (Å²) in [6.07, 6.45) is 41.2. The van der Waals surface area contributed by atoms with Gasteiger partial charge in [-0.2, -0.15) is 0 Å². The van der Waals surface area contributed by atoms with Gasteiger partial charge in [0.1, 0.15) is 0 Å². The maximum Gasteiger partial charge on any atom is -0.0251 e. The number of rotatable bonds is 16. The van der Waals surface area contributed by atoms with Crippen LogP contribution in [0.15, 0.2) is 0 Å². The third kappa shape index (κ3) is 20.5. The van der Waals surface area contributed by atoms with Gasteiger partial charge in [-0.05, 0) is 241 Å². The molecule has 8 aliphatic carbocycles. The highest BCUT2D eigenvalue weighted by molar-refractivity contribution is 4.98. The summed E-state index contributed by atoms with van der Waals surface area (Å²) in [7, 11) is 0. The van der Waals surface area contributed by atoms with E-state index in [4.69, 9.17) is 0 Å². The van der Waals surface area contributed by atoms with E-state index < -0.39 is 0 Å². The van der Waals surface area contributed by atoms with Crippen molar-refractivity contribution in [1.82, 2.24) is 0 Å². The molecule has 0 aliphatic heterocycles. The topological polar surface area (TPSA) is 0 Å². The summed E-state index contributed by atoms with van der Waals surface area (Å²) < 4.78 is 0. The van der Waals surface area contributed by atoms with Crippen molar-refractivity contribution >= 4 is 0 Å². The zero-order valence-electron chi connectivity index (χ0n) is 65.0. The summed E-state index contributed by atoms with van der Waals surface area (Å²) in [6.45, 7) is 76.3. The molecule has 504 valence electrons. The van der Waals surface area contributed by atoms with Gasteiger partial charge in [0.15, 0.2) is 0 Å². The van der Waals surface area contributed by atoms with Crippen molar-refractivity contribution in [1.29, 1.82) is 0 Å². The summed E-state index contributed by atoms with van der Waals surface area (Å²) in [4.78, 5) is 0. The maximum atomic E-state index is 2.39. The van der Waals surface area contributed by atoms with Crippen molar-refractivity contribution in [2.45, 2.75) is 401 Å². The highest BCUT2D eigenvalue weighted by Crippen LogP contribution is 2.58. The van der Waals surface area contributed by atoms with Crippen LogP contribution in [0.2, 0.25) is 0 Å². The molecule has 0 heterocycles. The molecule has 0 amide bonds. The molecule has 84 heavy (non-hydrogen) atoms. The largest absolute Gasteiger partial charge is 0.0622 e. The molecule has 0 atom stereocenters. The predicted octanol–water partition coefficient (Wildman–Crippen LogP) is 29.3. The Morgan fingerprint density at radius 2 is 0.179 bits per heavy atom. The molecule has 0 unspecified atom stereocenters. The SMILES string of the molecule is CC(C)C1(C(C)C)CC1.CC(C)C1(C(C)C)CCC1.CC(C)C1(C(C)C)CCC1.CC(C)C1(C(C)C)CCCC1.CC(C)C1(C(C)C)CCCC1.CC(C)C1(C(C)C)CCCC1.CC(C)C1(C(C)C)CCCC1.CC(C)C1(C(C)C)CCCC1. The molecule has 0 N–H and O–H groups in total. The maximum absolute atomic E-state index is 2.39. The van der Waals surface area contributed by atoms with Crippen molar-refractivity contribution in [3.05, 3.63) is 0 Å². The molecule has 0 heteroatoms. The minimum atomic E-state index is 0.694. The van der Waals surface area contributed by atoms with Crippen LogP contribution in [0, 0.1) is 138 Å². The Balaban J connectivity index is 0.000000480. The first-order valence-corrected chi connectivity index (χ1v) is 38.8. The first-order valence-electron chi connectivity index (χ1n) is 38.8. The van der Waals surface area contributed by atoms with Gasteiger partial charge in [0.05, 0.1) is 0 Å². The quantitative estimate of drug-likeness (QED) is 0.144. The number of hydrogen-bond donors (Lipinski definition) is 0. The van der Waals surface area contributed by atoms with E-state index in [1.54, 1.807) is 0 Å². The third-order valence-electron chi connectivity index (χ3n) is 29.5. The predicted molar refractivity (Wildman–Crippen MR) is 386 cm³/mol. The normalized spacial score (nSPS) is 23.4. The molecule has 8 saturated carbocycles. The van der Waals surface area contributed by atoms with E-state index in [9.17, 15) is 0 Å². The molecular formula is C84H168. The highest BCUT2D eigenvalue weighted by Gasteiger charge is 2.48. The monoisotopic (exact) mass is 1180 g/mol. The Bertz CT molecular complexity index is 1340. The van der Waals surface area contributed by atoms with Crippen LogP contribution in [0.25, 0.3) is 0 Å². The van der Waals surface area contributed by atoms with Crippen LogP contribution in [-0.2, 0) is 0 Å². The lowest BCUT2D eigenvalue weighted by atomic mass is 9.56. The lowest BCUT2D eigenvalue weighted by Crippen LogP contribution is -2.39. The minimum Gasteiger partial charge on any atom is -0.0622 e. The summed E-state index contributed by atoms with van der Waals surface area (Å²) in [6, 6.07) is 0. The van der Waals surface area contributed by atoms with Crippen molar-refractivity contribution < 1.29 is 0 Å². The van der Waals surface area contributed by atoms with Crippen LogP contribution in [0.4, 0.5) is 0 Å². The Kier molecular flexibility index (Phi) is 35.4. The van der Waals surface area contributed by atoms with Crippen LogP contribution in [0.3, 0.4) is 0 Å². The van der Waals surface area contributed by atoms with Crippen LogP contribution in [0.1, 0.15) is 401 Å². The number of hydrogen-bond acceptors (Lipinski definition) is 0. The van der Waals surface area contributed by atoms with Crippen molar-refractivity contribution in [2.75, 3.05) is 0 Å². The Morgan fingerprint density at radius 3 is 0.202 bits per heavy atom. The average molecular weight is 1180 g/mol. The second-order valence-electron chi connectivity index (χ2n) is 36.6. The Hall–Kier alpha value is 0. The van der Waals surface area contributed by atoms with E-state index in [2.05, 4.69) is 222 Å². The summed E-state index contributed by atoms with van der Waals surface area (Å²) in [5.74, 6) is 14.2. The standard InChI is InChI=1S/5C11H22.2C10H20.C9H18/c5*1-9(2)11(10(3)4)7-5-6-8-11;2*1-8(2)10(9(3)4)6-5-7-10;1-7(2)9(5-6-9)8(3)4/h5*9-10H,5-8H2,1-4H3;2*8-9H,5-7H2,1-4H3;7-8H,5-6H2,1-4H3. The molecule has 0 spiro atoms. The van der Waals surface area contributed by atoms with Gasteiger partial charge in [0.2, 0.25) is 0 Å². The first-order chi connectivity index (χ1) is 38.8. The molecule has 0 radical (unpaired) electrons. The molecule has 8 aliphatic rings. The Labute approximate surface area is 536 Å². The lowest BCUT2D eigenvalue weighted by Gasteiger charge is -2.49. The Morgan fingerprint density at radius 1 is 0.107 bits per heavy atom. The van der Waals surface area contributed by atoms with Crippen molar-refractivity contribution in [3.63, 3.8) is 0 Å². The molecule has 0 nitrogen and oxygen atoms in total. The fourth-order valence-corrected chi connectivity index (χ4v) is 21.1. The molecule has 0 aromatic rings. The smallest absolute Gasteiger partial charge is 0.0251 e. The molecule has 0 aromatic carbocycles. The fourth-order valence-electron chi connectivity index (χ4n) is 21.1. The molecule has 8 rings (SSSR count). The van der Waals surface area contributed by atoms with Gasteiger partial charge in [-0.1, -0.05) is 299 Å². The molecular weight excluding hydrogens is 1010 g/mol. The van der Waals surface area contributed by atoms with Crippen LogP contribution in [0.5, 0.6) is 0 Å². The molecule has 0 aromatic heterocycles. The van der Waals surface area contributed by atoms with Crippen LogP contribution >= 0.6 is 0 Å². The van der Waals surface area contributed by atoms with E-state index in [1.807, 2.05) is 0 Å². The molecule has 0 saturated heterocycles. The van der Waals surface area contributed by atoms with Gasteiger partial charge >= 0.3 is 0 Å². The van der Waals surface area contributed by atoms with Crippen LogP contribution in [-0.4, -0.2) is 0 Å². The third-order valence-corrected chi connectivity index (χ3v) is 29.5. The average Bonchev–Trinajstić information content (AvgIpc) is 4.08. The second-order valence-corrected chi connectivity index (χ2v) is 36.6. The van der Waals surface area contributed by atoms with Gasteiger partial charge in [0, 0.05) is 0 Å². The molecule has 0 bridgehead atoms. The van der Waals surface area contributed by atoms with Gasteiger partial charge in [-0.3, -0.25) is 0 Å². The fraction of sp³-hybridized carbons (Fsp3) is 1.00. The minimum absolute atomic E-state index is 0.694. The molecule has 8 fully saturated rings. The first kappa shape index (κ1) is 82.0. The van der Waals surface area contributed by atoms with E-state index in [0.29, 0.717) is 27.1 Å². The van der Waals surface area contributed by atoms with Gasteiger partial charge in [-0.15, -0.1) is 0 Å².